The summed E-state index contributed by atoms with van der Waals surface area (Å²) in [5, 5.41) is 2.35. The van der Waals surface area contributed by atoms with Crippen LogP contribution in [0.3, 0.4) is 0 Å². The number of hydrogen-bond acceptors (Lipinski definition) is 5. The topological polar surface area (TPSA) is 78.1 Å². The summed E-state index contributed by atoms with van der Waals surface area (Å²) in [6.45, 7) is 3.96. The first-order chi connectivity index (χ1) is 11.5. The van der Waals surface area contributed by atoms with Crippen molar-refractivity contribution in [2.45, 2.75) is 19.8 Å². The zero-order chi connectivity index (χ0) is 17.1. The lowest BCUT2D eigenvalue weighted by atomic mass is 9.90. The van der Waals surface area contributed by atoms with E-state index in [0.29, 0.717) is 16.5 Å². The molecule has 0 bridgehead atoms. The van der Waals surface area contributed by atoms with E-state index < -0.39 is 5.91 Å². The number of benzene rings is 1. The monoisotopic (exact) mass is 339 g/mol. The van der Waals surface area contributed by atoms with Gasteiger partial charge >= 0.3 is 0 Å². The van der Waals surface area contributed by atoms with Gasteiger partial charge < -0.3 is 10.5 Å². The maximum Gasteiger partial charge on any atom is 0.278 e. The molecule has 1 aromatic carbocycles. The predicted octanol–water partition coefficient (Wildman–Crippen LogP) is 3.89. The molecule has 122 valence electrons. The minimum atomic E-state index is -0.485. The molecule has 2 aromatic heterocycles. The van der Waals surface area contributed by atoms with Gasteiger partial charge in [0.15, 0.2) is 0 Å². The van der Waals surface area contributed by atoms with Crippen LogP contribution in [0.5, 0.6) is 10.9 Å². The minimum absolute atomic E-state index is 0.00508. The van der Waals surface area contributed by atoms with Gasteiger partial charge in [0.05, 0.1) is 0 Å². The highest BCUT2D eigenvalue weighted by atomic mass is 32.1. The van der Waals surface area contributed by atoms with Gasteiger partial charge in [-0.25, -0.2) is 4.98 Å². The van der Waals surface area contributed by atoms with E-state index in [2.05, 4.69) is 9.97 Å². The number of aromatic nitrogens is 2. The molecule has 2 heterocycles. The molecule has 6 heteroatoms. The summed E-state index contributed by atoms with van der Waals surface area (Å²) in [5.41, 5.74) is 8.84. The van der Waals surface area contributed by atoms with Crippen molar-refractivity contribution >= 4 is 17.2 Å². The molecule has 0 fully saturated rings. The van der Waals surface area contributed by atoms with Crippen LogP contribution in [0, 0.1) is 6.92 Å². The highest BCUT2D eigenvalue weighted by Gasteiger charge is 2.17. The number of nitrogens with zero attached hydrogens (tertiary/aromatic N) is 2. The molecule has 0 saturated heterocycles. The van der Waals surface area contributed by atoms with E-state index >= 15 is 0 Å². The molecule has 2 N–H and O–H groups in total. The average molecular weight is 339 g/mol. The highest BCUT2D eigenvalue weighted by molar-refractivity contribution is 7.11. The summed E-state index contributed by atoms with van der Waals surface area (Å²) in [7, 11) is 0. The van der Waals surface area contributed by atoms with Crippen LogP contribution < -0.4 is 10.5 Å². The van der Waals surface area contributed by atoms with Crippen molar-refractivity contribution in [1.82, 2.24) is 9.97 Å². The third kappa shape index (κ3) is 3.44. The third-order valence-electron chi connectivity index (χ3n) is 3.81. The van der Waals surface area contributed by atoms with Gasteiger partial charge in [0.2, 0.25) is 5.91 Å². The third-order valence-corrected chi connectivity index (χ3v) is 4.45. The standard InChI is InChI=1S/C18H17N3O2S/c1-11-3-4-13(10-21-11)12(2)15-6-5-14(9-16(15)17(19)22)23-18-20-7-8-24-18/h3-10,12H,1-2H3,(H2,19,22)/t12-/m0/s1. The maximum atomic E-state index is 11.9. The molecule has 3 rings (SSSR count). The van der Waals surface area contributed by atoms with Crippen molar-refractivity contribution in [1.29, 1.82) is 0 Å². The van der Waals surface area contributed by atoms with Crippen molar-refractivity contribution in [3.63, 3.8) is 0 Å². The van der Waals surface area contributed by atoms with Gasteiger partial charge in [-0.05, 0) is 36.2 Å². The zero-order valence-electron chi connectivity index (χ0n) is 13.4. The molecule has 0 aliphatic carbocycles. The molecule has 0 saturated carbocycles. The molecule has 24 heavy (non-hydrogen) atoms. The number of ether oxygens (including phenoxy) is 1. The number of rotatable bonds is 5. The Kier molecular flexibility index (Phi) is 4.57. The maximum absolute atomic E-state index is 11.9. The predicted molar refractivity (Wildman–Crippen MR) is 93.6 cm³/mol. The van der Waals surface area contributed by atoms with Crippen molar-refractivity contribution < 1.29 is 9.53 Å². The van der Waals surface area contributed by atoms with Crippen LogP contribution in [0.25, 0.3) is 0 Å². The molecule has 5 nitrogen and oxygen atoms in total. The van der Waals surface area contributed by atoms with E-state index in [4.69, 9.17) is 10.5 Å². The molecule has 1 amide bonds. The summed E-state index contributed by atoms with van der Waals surface area (Å²) in [4.78, 5) is 20.3. The van der Waals surface area contributed by atoms with Crippen LogP contribution in [0.2, 0.25) is 0 Å². The second-order valence-electron chi connectivity index (χ2n) is 5.47. The Morgan fingerprint density at radius 1 is 1.25 bits per heavy atom. The Morgan fingerprint density at radius 3 is 2.71 bits per heavy atom. The first kappa shape index (κ1) is 16.1. The molecule has 0 spiro atoms. The first-order valence-corrected chi connectivity index (χ1v) is 8.36. The Balaban J connectivity index is 1.95. The molecule has 0 radical (unpaired) electrons. The highest BCUT2D eigenvalue weighted by Crippen LogP contribution is 2.31. The molecule has 0 unspecified atom stereocenters. The summed E-state index contributed by atoms with van der Waals surface area (Å²) >= 11 is 1.38. The molecular weight excluding hydrogens is 322 g/mol. The molecule has 3 aromatic rings. The normalized spacial score (nSPS) is 11.9. The van der Waals surface area contributed by atoms with Crippen LogP contribution in [0.15, 0.2) is 48.1 Å². The van der Waals surface area contributed by atoms with Crippen molar-refractivity contribution in [3.05, 3.63) is 70.5 Å². The van der Waals surface area contributed by atoms with E-state index in [9.17, 15) is 4.79 Å². The van der Waals surface area contributed by atoms with Crippen molar-refractivity contribution in [3.8, 4) is 10.9 Å². The van der Waals surface area contributed by atoms with Gasteiger partial charge in [-0.2, -0.15) is 0 Å². The van der Waals surface area contributed by atoms with Gasteiger partial charge in [0, 0.05) is 34.9 Å². The van der Waals surface area contributed by atoms with E-state index in [1.807, 2.05) is 49.7 Å². The average Bonchev–Trinajstić information content (AvgIpc) is 3.08. The smallest absolute Gasteiger partial charge is 0.278 e. The Hall–Kier alpha value is -2.73. The lowest BCUT2D eigenvalue weighted by molar-refractivity contribution is 0.0999. The fraction of sp³-hybridized carbons (Fsp3) is 0.167. The number of nitrogens with two attached hydrogens (primary N) is 1. The molecular formula is C18H17N3O2S. The Labute approximate surface area is 144 Å². The van der Waals surface area contributed by atoms with Crippen LogP contribution in [0.4, 0.5) is 0 Å². The number of thiazole rings is 1. The van der Waals surface area contributed by atoms with E-state index in [1.165, 1.54) is 11.3 Å². The largest absolute Gasteiger partial charge is 0.431 e. The molecule has 1 atom stereocenters. The lowest BCUT2D eigenvalue weighted by Crippen LogP contribution is -2.15. The summed E-state index contributed by atoms with van der Waals surface area (Å²) in [6.07, 6.45) is 3.49. The van der Waals surface area contributed by atoms with Gasteiger partial charge in [-0.15, -0.1) is 0 Å². The number of carbonyl (C=O) groups excluding carboxylic acids is 1. The fourth-order valence-electron chi connectivity index (χ4n) is 2.47. The molecule has 0 aliphatic rings. The van der Waals surface area contributed by atoms with Crippen molar-refractivity contribution in [2.24, 2.45) is 5.73 Å². The molecule has 0 aliphatic heterocycles. The number of aryl methyl sites for hydroxylation is 1. The quantitative estimate of drug-likeness (QED) is 0.765. The van der Waals surface area contributed by atoms with E-state index in [0.717, 1.165) is 16.8 Å². The van der Waals surface area contributed by atoms with Crippen LogP contribution in [-0.2, 0) is 0 Å². The zero-order valence-corrected chi connectivity index (χ0v) is 14.2. The van der Waals surface area contributed by atoms with Crippen molar-refractivity contribution in [2.75, 3.05) is 0 Å². The SMILES string of the molecule is Cc1ccc([C@H](C)c2ccc(Oc3nccs3)cc2C(N)=O)cn1. The second-order valence-corrected chi connectivity index (χ2v) is 6.33. The summed E-state index contributed by atoms with van der Waals surface area (Å²) < 4.78 is 5.65. The van der Waals surface area contributed by atoms with Gasteiger partial charge in [-0.1, -0.05) is 30.4 Å². The lowest BCUT2D eigenvalue weighted by Gasteiger charge is -2.16. The van der Waals surface area contributed by atoms with E-state index in [-0.39, 0.29) is 5.92 Å². The van der Waals surface area contributed by atoms with Crippen LogP contribution >= 0.6 is 11.3 Å². The van der Waals surface area contributed by atoms with Gasteiger partial charge in [-0.3, -0.25) is 9.78 Å². The van der Waals surface area contributed by atoms with E-state index in [1.54, 1.807) is 12.3 Å². The Bertz CT molecular complexity index is 845. The van der Waals surface area contributed by atoms with Crippen LogP contribution in [0.1, 0.15) is 40.0 Å². The van der Waals surface area contributed by atoms with Gasteiger partial charge in [0.25, 0.3) is 5.19 Å². The van der Waals surface area contributed by atoms with Crippen LogP contribution in [-0.4, -0.2) is 15.9 Å². The number of pyridine rings is 1. The number of carbonyl (C=O) groups is 1. The first-order valence-electron chi connectivity index (χ1n) is 7.48. The summed E-state index contributed by atoms with van der Waals surface area (Å²) in [5.74, 6) is 0.0488. The Morgan fingerprint density at radius 2 is 2.08 bits per heavy atom. The minimum Gasteiger partial charge on any atom is -0.431 e. The number of primary amides is 1. The summed E-state index contributed by atoms with van der Waals surface area (Å²) in [6, 6.07) is 9.32. The number of hydrogen-bond donors (Lipinski definition) is 1. The number of amides is 1. The fourth-order valence-corrected chi connectivity index (χ4v) is 2.97. The van der Waals surface area contributed by atoms with Gasteiger partial charge in [0.1, 0.15) is 5.75 Å². The second kappa shape index (κ2) is 6.80.